The predicted octanol–water partition coefficient (Wildman–Crippen LogP) is 1.64. The third-order valence-electron chi connectivity index (χ3n) is 2.28. The van der Waals surface area contributed by atoms with Gasteiger partial charge in [-0.1, -0.05) is 23.7 Å². The third-order valence-corrected chi connectivity index (χ3v) is 2.53. The number of hydrogen-bond acceptors (Lipinski definition) is 2. The van der Waals surface area contributed by atoms with Crippen LogP contribution in [0.2, 0.25) is 5.02 Å². The Labute approximate surface area is 82.1 Å². The molecule has 0 saturated carbocycles. The molecule has 0 unspecified atom stereocenters. The van der Waals surface area contributed by atoms with Gasteiger partial charge in [0.15, 0.2) is 0 Å². The molecule has 0 bridgehead atoms. The van der Waals surface area contributed by atoms with Gasteiger partial charge in [0.1, 0.15) is 5.60 Å². The van der Waals surface area contributed by atoms with Crippen LogP contribution < -0.4 is 0 Å². The highest BCUT2D eigenvalue weighted by Gasteiger charge is 2.43. The van der Waals surface area contributed by atoms with E-state index in [1.54, 1.807) is 0 Å². The molecule has 1 fully saturated rings. The van der Waals surface area contributed by atoms with Gasteiger partial charge < -0.3 is 9.84 Å². The summed E-state index contributed by atoms with van der Waals surface area (Å²) >= 11 is 5.75. The zero-order valence-corrected chi connectivity index (χ0v) is 7.92. The van der Waals surface area contributed by atoms with Crippen LogP contribution in [-0.2, 0) is 11.2 Å². The maximum atomic E-state index is 9.02. The van der Waals surface area contributed by atoms with E-state index in [-0.39, 0.29) is 12.2 Å². The molecular weight excluding hydrogens is 188 g/mol. The number of benzene rings is 1. The number of epoxide rings is 1. The molecule has 1 saturated heterocycles. The van der Waals surface area contributed by atoms with Gasteiger partial charge >= 0.3 is 0 Å². The largest absolute Gasteiger partial charge is 0.393 e. The van der Waals surface area contributed by atoms with Crippen LogP contribution in [0.25, 0.3) is 0 Å². The van der Waals surface area contributed by atoms with Crippen molar-refractivity contribution in [2.75, 3.05) is 13.2 Å². The lowest BCUT2D eigenvalue weighted by atomic mass is 10.0. The molecule has 0 spiro atoms. The Balaban J connectivity index is 2.06. The number of hydrogen-bond donors (Lipinski definition) is 1. The van der Waals surface area contributed by atoms with Gasteiger partial charge in [-0.3, -0.25) is 0 Å². The quantitative estimate of drug-likeness (QED) is 0.750. The standard InChI is InChI=1S/C10H11ClO2/c11-9-3-1-8(2-4-9)5-10(6-12)7-13-10/h1-4,12H,5-7H2/t10-/m1/s1. The maximum absolute atomic E-state index is 9.02. The smallest absolute Gasteiger partial charge is 0.118 e. The van der Waals surface area contributed by atoms with Gasteiger partial charge in [0.25, 0.3) is 0 Å². The van der Waals surface area contributed by atoms with Crippen molar-refractivity contribution in [3.05, 3.63) is 34.9 Å². The van der Waals surface area contributed by atoms with Crippen molar-refractivity contribution < 1.29 is 9.84 Å². The van der Waals surface area contributed by atoms with Crippen LogP contribution in [-0.4, -0.2) is 23.9 Å². The Bertz CT molecular complexity index is 290. The summed E-state index contributed by atoms with van der Waals surface area (Å²) in [7, 11) is 0. The molecule has 0 aliphatic carbocycles. The molecule has 1 aliphatic heterocycles. The summed E-state index contributed by atoms with van der Waals surface area (Å²) in [6.07, 6.45) is 0.765. The molecular formula is C10H11ClO2. The van der Waals surface area contributed by atoms with E-state index in [2.05, 4.69) is 0 Å². The molecule has 0 radical (unpaired) electrons. The molecule has 0 amide bonds. The van der Waals surface area contributed by atoms with Gasteiger partial charge in [-0.25, -0.2) is 0 Å². The van der Waals surface area contributed by atoms with E-state index in [4.69, 9.17) is 21.4 Å². The Hall–Kier alpha value is -0.570. The van der Waals surface area contributed by atoms with E-state index >= 15 is 0 Å². The Morgan fingerprint density at radius 3 is 2.46 bits per heavy atom. The van der Waals surface area contributed by atoms with Gasteiger partial charge in [-0.05, 0) is 17.7 Å². The normalized spacial score (nSPS) is 26.0. The maximum Gasteiger partial charge on any atom is 0.118 e. The van der Waals surface area contributed by atoms with Gasteiger partial charge in [-0.2, -0.15) is 0 Å². The molecule has 1 aromatic rings. The summed E-state index contributed by atoms with van der Waals surface area (Å²) in [5, 5.41) is 9.76. The fraction of sp³-hybridized carbons (Fsp3) is 0.400. The highest BCUT2D eigenvalue weighted by atomic mass is 35.5. The minimum Gasteiger partial charge on any atom is -0.393 e. The number of halogens is 1. The van der Waals surface area contributed by atoms with Crippen molar-refractivity contribution in [3.8, 4) is 0 Å². The fourth-order valence-corrected chi connectivity index (χ4v) is 1.45. The first-order valence-electron chi connectivity index (χ1n) is 4.23. The minimum atomic E-state index is -0.298. The van der Waals surface area contributed by atoms with Crippen LogP contribution in [0.4, 0.5) is 0 Å². The molecule has 1 aromatic carbocycles. The van der Waals surface area contributed by atoms with Crippen LogP contribution in [0.5, 0.6) is 0 Å². The minimum absolute atomic E-state index is 0.0929. The van der Waals surface area contributed by atoms with Crippen molar-refractivity contribution in [1.29, 1.82) is 0 Å². The number of aliphatic hydroxyl groups is 1. The number of rotatable bonds is 3. The Kier molecular flexibility index (Phi) is 2.28. The first kappa shape index (κ1) is 9.00. The van der Waals surface area contributed by atoms with Gasteiger partial charge in [-0.15, -0.1) is 0 Å². The van der Waals surface area contributed by atoms with Crippen LogP contribution >= 0.6 is 11.6 Å². The molecule has 1 atom stereocenters. The van der Waals surface area contributed by atoms with E-state index in [1.165, 1.54) is 0 Å². The zero-order chi connectivity index (χ0) is 9.31. The lowest BCUT2D eigenvalue weighted by Gasteiger charge is -2.07. The fourth-order valence-electron chi connectivity index (χ4n) is 1.33. The van der Waals surface area contributed by atoms with E-state index in [0.29, 0.717) is 6.61 Å². The van der Waals surface area contributed by atoms with Crippen LogP contribution in [0.1, 0.15) is 5.56 Å². The highest BCUT2D eigenvalue weighted by Crippen LogP contribution is 2.30. The van der Waals surface area contributed by atoms with Crippen molar-refractivity contribution in [2.45, 2.75) is 12.0 Å². The summed E-state index contributed by atoms with van der Waals surface area (Å²) < 4.78 is 5.20. The van der Waals surface area contributed by atoms with Crippen molar-refractivity contribution in [2.24, 2.45) is 0 Å². The predicted molar refractivity (Wildman–Crippen MR) is 50.9 cm³/mol. The zero-order valence-electron chi connectivity index (χ0n) is 7.16. The van der Waals surface area contributed by atoms with Gasteiger partial charge in [0.05, 0.1) is 13.2 Å². The lowest BCUT2D eigenvalue weighted by molar-refractivity contribution is 0.171. The van der Waals surface area contributed by atoms with Crippen LogP contribution in [0.3, 0.4) is 0 Å². The van der Waals surface area contributed by atoms with Crippen molar-refractivity contribution >= 4 is 11.6 Å². The van der Waals surface area contributed by atoms with E-state index in [1.807, 2.05) is 24.3 Å². The van der Waals surface area contributed by atoms with Crippen LogP contribution in [0.15, 0.2) is 24.3 Å². The highest BCUT2D eigenvalue weighted by molar-refractivity contribution is 6.30. The first-order chi connectivity index (χ1) is 6.24. The molecule has 1 aliphatic rings. The van der Waals surface area contributed by atoms with Crippen molar-refractivity contribution in [1.82, 2.24) is 0 Å². The Morgan fingerprint density at radius 2 is 2.00 bits per heavy atom. The van der Waals surface area contributed by atoms with E-state index < -0.39 is 0 Å². The topological polar surface area (TPSA) is 32.8 Å². The summed E-state index contributed by atoms with van der Waals surface area (Å²) in [6, 6.07) is 7.62. The van der Waals surface area contributed by atoms with Crippen molar-refractivity contribution in [3.63, 3.8) is 0 Å². The average Bonchev–Trinajstić information content (AvgIpc) is 2.90. The molecule has 13 heavy (non-hydrogen) atoms. The first-order valence-corrected chi connectivity index (χ1v) is 4.61. The van der Waals surface area contributed by atoms with Gasteiger partial charge in [0, 0.05) is 11.4 Å². The summed E-state index contributed by atoms with van der Waals surface area (Å²) in [4.78, 5) is 0. The molecule has 3 heteroatoms. The second-order valence-electron chi connectivity index (χ2n) is 3.43. The molecule has 70 valence electrons. The monoisotopic (exact) mass is 198 g/mol. The SMILES string of the molecule is OC[C@]1(Cc2ccc(Cl)cc2)CO1. The summed E-state index contributed by atoms with van der Waals surface area (Å²) in [5.41, 5.74) is 0.851. The molecule has 1 heterocycles. The van der Waals surface area contributed by atoms with Crippen LogP contribution in [0, 0.1) is 0 Å². The summed E-state index contributed by atoms with van der Waals surface area (Å²) in [6.45, 7) is 0.752. The molecule has 2 rings (SSSR count). The number of ether oxygens (including phenoxy) is 1. The number of aliphatic hydroxyl groups excluding tert-OH is 1. The van der Waals surface area contributed by atoms with E-state index in [9.17, 15) is 0 Å². The Morgan fingerprint density at radius 1 is 1.38 bits per heavy atom. The summed E-state index contributed by atoms with van der Waals surface area (Å²) in [5.74, 6) is 0. The second kappa shape index (κ2) is 3.29. The van der Waals surface area contributed by atoms with E-state index in [0.717, 1.165) is 17.0 Å². The lowest BCUT2D eigenvalue weighted by Crippen LogP contribution is -2.19. The molecule has 0 aromatic heterocycles. The second-order valence-corrected chi connectivity index (χ2v) is 3.87. The average molecular weight is 199 g/mol. The van der Waals surface area contributed by atoms with Gasteiger partial charge in [0.2, 0.25) is 0 Å². The third kappa shape index (κ3) is 2.02. The molecule has 2 nitrogen and oxygen atoms in total. The molecule has 1 N–H and O–H groups in total.